The summed E-state index contributed by atoms with van der Waals surface area (Å²) in [5, 5.41) is 6.72. The number of hydrogen-bond donors (Lipinski definition) is 1. The average Bonchev–Trinajstić information content (AvgIpc) is 3.17. The zero-order chi connectivity index (χ0) is 22.3. The highest BCUT2D eigenvalue weighted by molar-refractivity contribution is 7.59. The van der Waals surface area contributed by atoms with Crippen LogP contribution in [0.2, 0.25) is 0 Å². The number of nitrogens with one attached hydrogen (secondary N) is 1. The number of amides is 2. The molecule has 4 rings (SSSR count). The summed E-state index contributed by atoms with van der Waals surface area (Å²) >= 11 is 0. The van der Waals surface area contributed by atoms with Crippen molar-refractivity contribution in [3.05, 3.63) is 65.4 Å². The van der Waals surface area contributed by atoms with Crippen molar-refractivity contribution in [3.63, 3.8) is 0 Å². The van der Waals surface area contributed by atoms with E-state index >= 15 is 0 Å². The Morgan fingerprint density at radius 3 is 2.59 bits per heavy atom. The molecule has 0 fully saturated rings. The maximum absolute atomic E-state index is 13.2. The smallest absolute Gasteiger partial charge is 0.305 e. The maximum atomic E-state index is 13.2. The van der Waals surface area contributed by atoms with E-state index < -0.39 is 23.6 Å². The van der Waals surface area contributed by atoms with E-state index in [1.165, 1.54) is 53.4 Å². The molecule has 1 aliphatic rings. The van der Waals surface area contributed by atoms with E-state index in [2.05, 4.69) is 20.4 Å². The van der Waals surface area contributed by atoms with Gasteiger partial charge in [-0.05, 0) is 37.6 Å². The number of carbonyl (C=O) groups excluding carboxylic acids is 2. The molecule has 168 valence electrons. The summed E-state index contributed by atoms with van der Waals surface area (Å²) in [6.07, 6.45) is 1.02. The van der Waals surface area contributed by atoms with Gasteiger partial charge in [0.1, 0.15) is 5.69 Å². The first kappa shape index (κ1) is 23.3. The number of fused-ring (bicyclic) bond motifs is 1. The van der Waals surface area contributed by atoms with E-state index in [9.17, 15) is 22.8 Å². The number of rotatable bonds is 3. The second kappa shape index (κ2) is 8.61. The molecule has 0 aliphatic carbocycles. The van der Waals surface area contributed by atoms with Gasteiger partial charge in [-0.15, -0.1) is 0 Å². The van der Waals surface area contributed by atoms with Gasteiger partial charge in [-0.25, -0.2) is 4.98 Å². The van der Waals surface area contributed by atoms with Crippen molar-refractivity contribution >= 4 is 36.8 Å². The largest absolute Gasteiger partial charge is 0.416 e. The Bertz CT molecular complexity index is 1170. The van der Waals surface area contributed by atoms with E-state index in [0.29, 0.717) is 5.69 Å². The molecule has 0 saturated heterocycles. The lowest BCUT2D eigenvalue weighted by Gasteiger charge is -2.32. The van der Waals surface area contributed by atoms with Crippen LogP contribution in [0.15, 0.2) is 43.0 Å². The van der Waals surface area contributed by atoms with E-state index in [1.54, 1.807) is 6.92 Å². The number of alkyl halides is 3. The molecule has 3 heterocycles. The fourth-order valence-electron chi connectivity index (χ4n) is 3.53. The molecule has 0 unspecified atom stereocenters. The third-order valence-corrected chi connectivity index (χ3v) is 4.98. The third kappa shape index (κ3) is 4.17. The summed E-state index contributed by atoms with van der Waals surface area (Å²) in [6, 6.07) is 3.23. The van der Waals surface area contributed by atoms with Gasteiger partial charge < -0.3 is 10.2 Å². The summed E-state index contributed by atoms with van der Waals surface area (Å²) in [7, 11) is 0. The van der Waals surface area contributed by atoms with Crippen LogP contribution >= 0.6 is 13.5 Å². The van der Waals surface area contributed by atoms with E-state index in [4.69, 9.17) is 0 Å². The van der Waals surface area contributed by atoms with Gasteiger partial charge in [0.2, 0.25) is 0 Å². The van der Waals surface area contributed by atoms with Crippen LogP contribution in [0, 0.1) is 6.92 Å². The third-order valence-electron chi connectivity index (χ3n) is 4.98. The zero-order valence-corrected chi connectivity index (χ0v) is 18.0. The summed E-state index contributed by atoms with van der Waals surface area (Å²) < 4.78 is 40.7. The minimum atomic E-state index is -4.48. The lowest BCUT2D eigenvalue weighted by molar-refractivity contribution is -0.138. The topological polar surface area (TPSA) is 93.0 Å². The Labute approximate surface area is 187 Å². The van der Waals surface area contributed by atoms with Gasteiger partial charge in [-0.2, -0.15) is 31.8 Å². The van der Waals surface area contributed by atoms with Crippen molar-refractivity contribution in [3.8, 4) is 0 Å². The normalized spacial score (nSPS) is 15.7. The molecular weight excluding hydrogens is 445 g/mol. The Kier molecular flexibility index (Phi) is 6.26. The Hall–Kier alpha value is -3.41. The van der Waals surface area contributed by atoms with Crippen LogP contribution in [0.5, 0.6) is 0 Å². The molecule has 1 aromatic carbocycles. The molecule has 2 aromatic heterocycles. The summed E-state index contributed by atoms with van der Waals surface area (Å²) in [6.45, 7) is 3.34. The lowest BCUT2D eigenvalue weighted by Crippen LogP contribution is -2.43. The predicted molar refractivity (Wildman–Crippen MR) is 115 cm³/mol. The Morgan fingerprint density at radius 1 is 1.22 bits per heavy atom. The number of anilines is 2. The highest BCUT2D eigenvalue weighted by atomic mass is 32.1. The number of carbonyl (C=O) groups is 2. The van der Waals surface area contributed by atoms with Crippen LogP contribution in [0.4, 0.5) is 24.7 Å². The standard InChI is InChI=1S/C20H17F3N6O2.H2S/c1-11-7-13(3-4-15(11)20(21,22)23)28-10-12(2)29-17(19(28)31)14(8-26-29)18(30)27-16-9-24-5-6-25-16;/h3-9,12H,10H2,1-2H3,(H,25,27,30);1H2/t12-;/m0./s1. The van der Waals surface area contributed by atoms with Gasteiger partial charge >= 0.3 is 6.18 Å². The number of hydrogen-bond acceptors (Lipinski definition) is 5. The molecule has 0 radical (unpaired) electrons. The molecule has 0 bridgehead atoms. The molecule has 1 atom stereocenters. The first-order valence-electron chi connectivity index (χ1n) is 9.31. The minimum absolute atomic E-state index is 0. The SMILES string of the molecule is Cc1cc(N2C[C@H](C)n3ncc(C(=O)Nc4cnccn4)c3C2=O)ccc1C(F)(F)F.S. The van der Waals surface area contributed by atoms with Crippen LogP contribution < -0.4 is 10.2 Å². The molecule has 8 nitrogen and oxygen atoms in total. The molecule has 12 heteroatoms. The molecule has 1 N–H and O–H groups in total. The summed E-state index contributed by atoms with van der Waals surface area (Å²) in [4.78, 5) is 35.1. The number of nitrogens with zero attached hydrogens (tertiary/aromatic N) is 5. The van der Waals surface area contributed by atoms with Gasteiger partial charge in [-0.3, -0.25) is 19.3 Å². The first-order valence-corrected chi connectivity index (χ1v) is 9.31. The lowest BCUT2D eigenvalue weighted by atomic mass is 10.0. The molecule has 2 amide bonds. The fraction of sp³-hybridized carbons (Fsp3) is 0.250. The van der Waals surface area contributed by atoms with Crippen molar-refractivity contribution in [1.82, 2.24) is 19.7 Å². The Balaban J connectivity index is 0.00000289. The minimum Gasteiger partial charge on any atom is -0.305 e. The second-order valence-electron chi connectivity index (χ2n) is 7.16. The number of aryl methyl sites for hydroxylation is 1. The van der Waals surface area contributed by atoms with Crippen molar-refractivity contribution in [2.24, 2.45) is 0 Å². The van der Waals surface area contributed by atoms with E-state index in [-0.39, 0.29) is 48.7 Å². The first-order chi connectivity index (χ1) is 14.7. The van der Waals surface area contributed by atoms with Gasteiger partial charge in [0.05, 0.1) is 29.6 Å². The van der Waals surface area contributed by atoms with Crippen LogP contribution in [0.3, 0.4) is 0 Å². The van der Waals surface area contributed by atoms with Crippen LogP contribution in [-0.4, -0.2) is 38.1 Å². The summed E-state index contributed by atoms with van der Waals surface area (Å²) in [5.41, 5.74) is -0.350. The fourth-order valence-corrected chi connectivity index (χ4v) is 3.53. The van der Waals surface area contributed by atoms with Crippen LogP contribution in [-0.2, 0) is 6.18 Å². The van der Waals surface area contributed by atoms with Gasteiger partial charge in [0.15, 0.2) is 5.82 Å². The second-order valence-corrected chi connectivity index (χ2v) is 7.16. The quantitative estimate of drug-likeness (QED) is 0.640. The molecule has 0 spiro atoms. The molecule has 0 saturated carbocycles. The Morgan fingerprint density at radius 2 is 1.97 bits per heavy atom. The average molecular weight is 464 g/mol. The predicted octanol–water partition coefficient (Wildman–Crippen LogP) is 3.59. The molecular formula is C20H19F3N6O2S. The van der Waals surface area contributed by atoms with Crippen molar-refractivity contribution in [1.29, 1.82) is 0 Å². The number of halogens is 3. The van der Waals surface area contributed by atoms with Crippen LogP contribution in [0.1, 0.15) is 44.9 Å². The van der Waals surface area contributed by atoms with Crippen molar-refractivity contribution in [2.75, 3.05) is 16.8 Å². The van der Waals surface area contributed by atoms with Gasteiger partial charge in [0, 0.05) is 24.6 Å². The maximum Gasteiger partial charge on any atom is 0.416 e. The highest BCUT2D eigenvalue weighted by Gasteiger charge is 2.37. The van der Waals surface area contributed by atoms with Crippen LogP contribution in [0.25, 0.3) is 0 Å². The zero-order valence-electron chi connectivity index (χ0n) is 17.0. The number of benzene rings is 1. The highest BCUT2D eigenvalue weighted by Crippen LogP contribution is 2.35. The van der Waals surface area contributed by atoms with Gasteiger partial charge in [-0.1, -0.05) is 0 Å². The van der Waals surface area contributed by atoms with Crippen molar-refractivity contribution in [2.45, 2.75) is 26.1 Å². The van der Waals surface area contributed by atoms with E-state index in [1.807, 2.05) is 0 Å². The molecule has 32 heavy (non-hydrogen) atoms. The molecule has 1 aliphatic heterocycles. The monoisotopic (exact) mass is 464 g/mol. The number of aromatic nitrogens is 4. The van der Waals surface area contributed by atoms with E-state index in [0.717, 1.165) is 6.07 Å². The van der Waals surface area contributed by atoms with Gasteiger partial charge in [0.25, 0.3) is 11.8 Å². The summed E-state index contributed by atoms with van der Waals surface area (Å²) in [5.74, 6) is -0.911. The van der Waals surface area contributed by atoms with Crippen molar-refractivity contribution < 1.29 is 22.8 Å². The molecule has 3 aromatic rings.